The standard InChI is InChI=1S/C38H44N4O4S/c39-25-28-10-6-9-27(23-28)24-33(40-30-13-2-1-3-14-30)37(44)42-21-20-41(26-34(42)35(43)19-18-31-15-8-22-47-31)38(45)46-36-17-7-12-29-11-4-5-16-32(29)36/h4-12,15-17,22-23,30,33-34,40H,1-3,13-14,18-21,24-26,39H2/t33-,34+/m1/s1. The van der Waals surface area contributed by atoms with Gasteiger partial charge in [-0.2, -0.15) is 0 Å². The van der Waals surface area contributed by atoms with E-state index in [1.54, 1.807) is 27.2 Å². The van der Waals surface area contributed by atoms with E-state index in [0.717, 1.165) is 52.5 Å². The van der Waals surface area contributed by atoms with Crippen LogP contribution in [-0.4, -0.2) is 65.3 Å². The maximum absolute atomic E-state index is 14.5. The number of ketones is 1. The minimum absolute atomic E-state index is 0.0454. The number of ether oxygens (including phenoxy) is 1. The topological polar surface area (TPSA) is 105 Å². The van der Waals surface area contributed by atoms with Crippen LogP contribution in [0, 0.1) is 0 Å². The number of thiophene rings is 1. The summed E-state index contributed by atoms with van der Waals surface area (Å²) >= 11 is 1.62. The van der Waals surface area contributed by atoms with Crippen molar-refractivity contribution < 1.29 is 19.1 Å². The van der Waals surface area contributed by atoms with Gasteiger partial charge in [-0.25, -0.2) is 4.79 Å². The van der Waals surface area contributed by atoms with Crippen molar-refractivity contribution in [2.24, 2.45) is 5.73 Å². The molecule has 1 saturated carbocycles. The van der Waals surface area contributed by atoms with Gasteiger partial charge in [0.2, 0.25) is 5.91 Å². The molecule has 2 aliphatic rings. The molecule has 1 saturated heterocycles. The van der Waals surface area contributed by atoms with Crippen LogP contribution < -0.4 is 15.8 Å². The second-order valence-electron chi connectivity index (χ2n) is 12.7. The number of Topliss-reactive ketones (excluding diaryl/α,β-unsaturated/α-hetero) is 1. The van der Waals surface area contributed by atoms with Crippen LogP contribution in [0.4, 0.5) is 4.79 Å². The van der Waals surface area contributed by atoms with Gasteiger partial charge in [-0.15, -0.1) is 11.3 Å². The molecule has 4 aromatic rings. The molecule has 9 heteroatoms. The SMILES string of the molecule is NCc1cccc(C[C@@H](NC2CCCCC2)C(=O)N2CCN(C(=O)Oc3cccc4ccccc34)C[C@H]2C(=O)CCc2cccs2)c1. The van der Waals surface area contributed by atoms with E-state index in [1.165, 1.54) is 6.42 Å². The lowest BCUT2D eigenvalue weighted by molar-refractivity contribution is -0.144. The van der Waals surface area contributed by atoms with Crippen LogP contribution in [0.2, 0.25) is 0 Å². The minimum atomic E-state index is -0.762. The van der Waals surface area contributed by atoms with Gasteiger partial charge in [-0.1, -0.05) is 86.0 Å². The van der Waals surface area contributed by atoms with E-state index in [0.29, 0.717) is 31.6 Å². The maximum Gasteiger partial charge on any atom is 0.415 e. The molecular formula is C38H44N4O4S. The van der Waals surface area contributed by atoms with Crippen molar-refractivity contribution in [3.05, 3.63) is 100 Å². The predicted molar refractivity (Wildman–Crippen MR) is 187 cm³/mol. The summed E-state index contributed by atoms with van der Waals surface area (Å²) in [6, 6.07) is 24.5. The molecule has 0 radical (unpaired) electrons. The van der Waals surface area contributed by atoms with Crippen LogP contribution in [0.1, 0.15) is 54.5 Å². The number of nitrogens with zero attached hydrogens (tertiary/aromatic N) is 2. The van der Waals surface area contributed by atoms with E-state index in [4.69, 9.17) is 10.5 Å². The van der Waals surface area contributed by atoms with Crippen LogP contribution in [0.15, 0.2) is 84.2 Å². The summed E-state index contributed by atoms with van der Waals surface area (Å²) in [5.74, 6) is 0.338. The summed E-state index contributed by atoms with van der Waals surface area (Å²) in [4.78, 5) is 46.5. The van der Waals surface area contributed by atoms with Gasteiger partial charge in [0.15, 0.2) is 5.78 Å². The Bertz CT molecular complexity index is 1660. The molecule has 0 bridgehead atoms. The van der Waals surface area contributed by atoms with E-state index >= 15 is 0 Å². The maximum atomic E-state index is 14.5. The molecule has 2 heterocycles. The molecule has 2 fully saturated rings. The molecule has 6 rings (SSSR count). The zero-order chi connectivity index (χ0) is 32.6. The van der Waals surface area contributed by atoms with Gasteiger partial charge < -0.3 is 25.6 Å². The largest absolute Gasteiger partial charge is 0.415 e. The van der Waals surface area contributed by atoms with Gasteiger partial charge in [-0.05, 0) is 59.7 Å². The van der Waals surface area contributed by atoms with Crippen molar-refractivity contribution in [2.45, 2.75) is 76.0 Å². The molecule has 8 nitrogen and oxygen atoms in total. The number of carbonyl (C=O) groups is 3. The van der Waals surface area contributed by atoms with E-state index < -0.39 is 18.2 Å². The quantitative estimate of drug-likeness (QED) is 0.203. The first-order chi connectivity index (χ1) is 23.0. The summed E-state index contributed by atoms with van der Waals surface area (Å²) in [6.07, 6.45) is 6.44. The molecular weight excluding hydrogens is 609 g/mol. The number of amides is 2. The van der Waals surface area contributed by atoms with Crippen LogP contribution in [-0.2, 0) is 29.0 Å². The first-order valence-electron chi connectivity index (χ1n) is 16.8. The first-order valence-corrected chi connectivity index (χ1v) is 17.7. The fourth-order valence-corrected chi connectivity index (χ4v) is 7.60. The summed E-state index contributed by atoms with van der Waals surface area (Å²) in [5, 5.41) is 7.52. The molecule has 2 atom stereocenters. The number of aryl methyl sites for hydroxylation is 1. The Morgan fingerprint density at radius 3 is 2.51 bits per heavy atom. The third-order valence-electron chi connectivity index (χ3n) is 9.45. The van der Waals surface area contributed by atoms with Crippen molar-refractivity contribution >= 4 is 39.9 Å². The molecule has 3 N–H and O–H groups in total. The van der Waals surface area contributed by atoms with E-state index in [9.17, 15) is 14.4 Å². The molecule has 1 aliphatic heterocycles. The number of piperazine rings is 1. The highest BCUT2D eigenvalue weighted by molar-refractivity contribution is 7.09. The second-order valence-corrected chi connectivity index (χ2v) is 13.7. The van der Waals surface area contributed by atoms with Crippen molar-refractivity contribution in [1.29, 1.82) is 0 Å². The molecule has 0 spiro atoms. The summed E-state index contributed by atoms with van der Waals surface area (Å²) in [6.45, 7) is 1.06. The third-order valence-corrected chi connectivity index (χ3v) is 10.4. The van der Waals surface area contributed by atoms with Crippen LogP contribution in [0.3, 0.4) is 0 Å². The van der Waals surface area contributed by atoms with Gasteiger partial charge in [-0.3, -0.25) is 9.59 Å². The Labute approximate surface area is 280 Å². The third kappa shape index (κ3) is 8.27. The highest BCUT2D eigenvalue weighted by atomic mass is 32.1. The number of rotatable bonds is 11. The predicted octanol–water partition coefficient (Wildman–Crippen LogP) is 6.11. The lowest BCUT2D eigenvalue weighted by atomic mass is 9.93. The van der Waals surface area contributed by atoms with Gasteiger partial charge in [0.1, 0.15) is 11.8 Å². The molecule has 3 aromatic carbocycles. The normalized spacial score (nSPS) is 17.9. The zero-order valence-corrected chi connectivity index (χ0v) is 27.6. The monoisotopic (exact) mass is 652 g/mol. The summed E-state index contributed by atoms with van der Waals surface area (Å²) in [5.41, 5.74) is 7.99. The average Bonchev–Trinajstić information content (AvgIpc) is 3.64. The number of nitrogens with two attached hydrogens (primary N) is 1. The smallest absolute Gasteiger partial charge is 0.410 e. The summed E-state index contributed by atoms with van der Waals surface area (Å²) in [7, 11) is 0. The Kier molecular flexibility index (Phi) is 11.0. The number of fused-ring (bicyclic) bond motifs is 1. The van der Waals surface area contributed by atoms with E-state index in [2.05, 4.69) is 11.4 Å². The van der Waals surface area contributed by atoms with Crippen LogP contribution in [0.25, 0.3) is 10.8 Å². The average molecular weight is 653 g/mol. The fraction of sp³-hybridized carbons (Fsp3) is 0.395. The van der Waals surface area contributed by atoms with Gasteiger partial charge in [0, 0.05) is 42.4 Å². The van der Waals surface area contributed by atoms with E-state index in [1.807, 2.05) is 72.1 Å². The van der Waals surface area contributed by atoms with Gasteiger partial charge >= 0.3 is 6.09 Å². The lowest BCUT2D eigenvalue weighted by Gasteiger charge is -2.42. The van der Waals surface area contributed by atoms with Crippen LogP contribution in [0.5, 0.6) is 5.75 Å². The van der Waals surface area contributed by atoms with Gasteiger partial charge in [0.05, 0.1) is 12.6 Å². The number of nitrogens with one attached hydrogen (secondary N) is 1. The van der Waals surface area contributed by atoms with Gasteiger partial charge in [0.25, 0.3) is 0 Å². The van der Waals surface area contributed by atoms with Crippen molar-refractivity contribution in [1.82, 2.24) is 15.1 Å². The Balaban J connectivity index is 1.23. The Morgan fingerprint density at radius 2 is 1.70 bits per heavy atom. The molecule has 1 aliphatic carbocycles. The highest BCUT2D eigenvalue weighted by Crippen LogP contribution is 2.27. The van der Waals surface area contributed by atoms with Crippen molar-refractivity contribution in [3.8, 4) is 5.75 Å². The van der Waals surface area contributed by atoms with Crippen molar-refractivity contribution in [2.75, 3.05) is 19.6 Å². The molecule has 1 aromatic heterocycles. The Hall–Kier alpha value is -4.05. The number of benzene rings is 3. The number of hydrogen-bond acceptors (Lipinski definition) is 7. The van der Waals surface area contributed by atoms with Crippen molar-refractivity contribution in [3.63, 3.8) is 0 Å². The molecule has 0 unspecified atom stereocenters. The molecule has 246 valence electrons. The minimum Gasteiger partial charge on any atom is -0.410 e. The highest BCUT2D eigenvalue weighted by Gasteiger charge is 2.40. The fourth-order valence-electron chi connectivity index (χ4n) is 6.89. The first kappa shape index (κ1) is 32.9. The molecule has 2 amide bonds. The molecule has 47 heavy (non-hydrogen) atoms. The number of carbonyl (C=O) groups excluding carboxylic acids is 3. The zero-order valence-electron chi connectivity index (χ0n) is 26.8. The lowest BCUT2D eigenvalue weighted by Crippen LogP contribution is -2.63. The summed E-state index contributed by atoms with van der Waals surface area (Å²) < 4.78 is 5.91. The Morgan fingerprint density at radius 1 is 0.915 bits per heavy atom. The van der Waals surface area contributed by atoms with E-state index in [-0.39, 0.29) is 37.4 Å². The number of hydrogen-bond donors (Lipinski definition) is 2. The van der Waals surface area contributed by atoms with Crippen LogP contribution >= 0.6 is 11.3 Å². The second kappa shape index (κ2) is 15.7.